The van der Waals surface area contributed by atoms with E-state index in [0.717, 1.165) is 49.5 Å². The van der Waals surface area contributed by atoms with Gasteiger partial charge in [-0.05, 0) is 50.6 Å². The molecule has 1 amide bonds. The molecule has 0 aliphatic carbocycles. The number of aryl methyl sites for hydroxylation is 2. The summed E-state index contributed by atoms with van der Waals surface area (Å²) in [6.07, 6.45) is 2.53. The number of fused-ring (bicyclic) bond motifs is 1. The maximum absolute atomic E-state index is 13.1. The van der Waals surface area contributed by atoms with E-state index >= 15 is 0 Å². The second-order valence-corrected chi connectivity index (χ2v) is 9.70. The van der Waals surface area contributed by atoms with Gasteiger partial charge in [0.2, 0.25) is 0 Å². The van der Waals surface area contributed by atoms with Crippen LogP contribution in [-0.4, -0.2) is 65.5 Å². The Balaban J connectivity index is 1.31. The molecule has 2 aliphatic heterocycles. The summed E-state index contributed by atoms with van der Waals surface area (Å²) < 4.78 is 5.99. The number of piperazine rings is 1. The lowest BCUT2D eigenvalue weighted by Gasteiger charge is -2.40. The van der Waals surface area contributed by atoms with E-state index in [4.69, 9.17) is 10.5 Å². The van der Waals surface area contributed by atoms with Gasteiger partial charge in [-0.1, -0.05) is 18.1 Å². The van der Waals surface area contributed by atoms with Crippen molar-refractivity contribution in [2.75, 3.05) is 50.9 Å². The van der Waals surface area contributed by atoms with Gasteiger partial charge < -0.3 is 20.7 Å². The largest absolute Gasteiger partial charge is 0.493 e. The van der Waals surface area contributed by atoms with Crippen LogP contribution in [-0.2, 0) is 0 Å². The van der Waals surface area contributed by atoms with Crippen LogP contribution in [0.4, 0.5) is 11.5 Å². The number of rotatable bonds is 3. The van der Waals surface area contributed by atoms with E-state index in [1.54, 1.807) is 25.3 Å². The summed E-state index contributed by atoms with van der Waals surface area (Å²) in [5.74, 6) is 7.18. The van der Waals surface area contributed by atoms with Crippen molar-refractivity contribution < 1.29 is 9.53 Å². The predicted molar refractivity (Wildman–Crippen MR) is 145 cm³/mol. The molecule has 2 aliphatic rings. The molecule has 8 nitrogen and oxygen atoms in total. The maximum Gasteiger partial charge on any atom is 0.255 e. The van der Waals surface area contributed by atoms with Crippen molar-refractivity contribution in [1.82, 2.24) is 19.8 Å². The summed E-state index contributed by atoms with van der Waals surface area (Å²) in [7, 11) is 2.17. The molecule has 2 aromatic carbocycles. The number of nitrogens with zero attached hydrogens (tertiary/aromatic N) is 4. The number of nitrogens with one attached hydrogen (secondary N) is 1. The number of hydrogen-bond acceptors (Lipinski definition) is 7. The quantitative estimate of drug-likeness (QED) is 0.537. The Morgan fingerprint density at radius 1 is 1.11 bits per heavy atom. The first-order valence-electron chi connectivity index (χ1n) is 12.6. The normalized spacial score (nSPS) is 17.8. The van der Waals surface area contributed by atoms with Gasteiger partial charge in [-0.15, -0.1) is 0 Å². The van der Waals surface area contributed by atoms with E-state index < -0.39 is 0 Å². The summed E-state index contributed by atoms with van der Waals surface area (Å²) in [5, 5.41) is 3.02. The molecule has 190 valence electrons. The molecule has 5 rings (SSSR count). The third kappa shape index (κ3) is 5.58. The van der Waals surface area contributed by atoms with Crippen molar-refractivity contribution in [3.05, 3.63) is 76.2 Å². The highest BCUT2D eigenvalue weighted by Crippen LogP contribution is 2.38. The Morgan fingerprint density at radius 2 is 1.92 bits per heavy atom. The molecule has 37 heavy (non-hydrogen) atoms. The molecule has 3 N–H and O–H groups in total. The lowest BCUT2D eigenvalue weighted by Crippen LogP contribution is -2.46. The lowest BCUT2D eigenvalue weighted by molar-refractivity contribution is 0.0856. The zero-order valence-electron chi connectivity index (χ0n) is 21.5. The summed E-state index contributed by atoms with van der Waals surface area (Å²) in [5.41, 5.74) is 11.1. The van der Waals surface area contributed by atoms with Crippen LogP contribution in [0.25, 0.3) is 0 Å². The van der Waals surface area contributed by atoms with Crippen molar-refractivity contribution in [1.29, 1.82) is 0 Å². The average molecular weight is 497 g/mol. The lowest BCUT2D eigenvalue weighted by atomic mass is 9.97. The molecular weight excluding hydrogens is 464 g/mol. The Kier molecular flexibility index (Phi) is 7.08. The molecule has 0 bridgehead atoms. The molecule has 1 aromatic heterocycles. The molecule has 0 spiro atoms. The van der Waals surface area contributed by atoms with E-state index in [-0.39, 0.29) is 5.91 Å². The van der Waals surface area contributed by atoms with Crippen LogP contribution < -0.4 is 15.8 Å². The highest BCUT2D eigenvalue weighted by molar-refractivity contribution is 6.04. The van der Waals surface area contributed by atoms with Gasteiger partial charge in [-0.3, -0.25) is 9.69 Å². The number of aromatic nitrogens is 2. The minimum absolute atomic E-state index is 0.197. The number of ether oxygens (including phenoxy) is 1. The first-order chi connectivity index (χ1) is 17.9. The van der Waals surface area contributed by atoms with Gasteiger partial charge in [0.25, 0.3) is 5.91 Å². The summed E-state index contributed by atoms with van der Waals surface area (Å²) in [6, 6.07) is 11.9. The van der Waals surface area contributed by atoms with E-state index in [1.165, 1.54) is 5.56 Å². The fourth-order valence-corrected chi connectivity index (χ4v) is 4.74. The molecule has 8 heteroatoms. The van der Waals surface area contributed by atoms with Crippen LogP contribution in [0.2, 0.25) is 0 Å². The Bertz CT molecular complexity index is 1380. The van der Waals surface area contributed by atoms with Crippen LogP contribution >= 0.6 is 0 Å². The highest BCUT2D eigenvalue weighted by Gasteiger charge is 2.29. The van der Waals surface area contributed by atoms with Gasteiger partial charge >= 0.3 is 0 Å². The van der Waals surface area contributed by atoms with E-state index in [9.17, 15) is 4.79 Å². The number of benzene rings is 2. The summed E-state index contributed by atoms with van der Waals surface area (Å²) in [6.45, 7) is 8.71. The molecule has 1 atom stereocenters. The highest BCUT2D eigenvalue weighted by atomic mass is 16.5. The van der Waals surface area contributed by atoms with Gasteiger partial charge in [0.05, 0.1) is 18.5 Å². The number of carbonyl (C=O) groups is 1. The third-order valence-electron chi connectivity index (χ3n) is 7.07. The topological polar surface area (TPSA) is 96.6 Å². The van der Waals surface area contributed by atoms with Crippen molar-refractivity contribution in [3.8, 4) is 17.6 Å². The molecule has 0 radical (unpaired) electrons. The summed E-state index contributed by atoms with van der Waals surface area (Å²) >= 11 is 0. The monoisotopic (exact) mass is 496 g/mol. The van der Waals surface area contributed by atoms with Gasteiger partial charge in [-0.2, -0.15) is 0 Å². The van der Waals surface area contributed by atoms with E-state index in [2.05, 4.69) is 50.0 Å². The molecule has 1 saturated heterocycles. The predicted octanol–water partition coefficient (Wildman–Crippen LogP) is 3.40. The number of likely N-dealkylation sites (N-methyl/N-ethyl adjacent to an activating group) is 1. The Hall–Kier alpha value is -3.93. The van der Waals surface area contributed by atoms with Crippen molar-refractivity contribution in [3.63, 3.8) is 0 Å². The SMILES string of the molecule is Cc1ccc(C(=O)Nc2ccc3c(c2)OCC[C@@H]3N2CCN(C)CC2)cc1C#Cc1cnc(N)c(C)n1. The van der Waals surface area contributed by atoms with Gasteiger partial charge in [0.1, 0.15) is 17.3 Å². The maximum atomic E-state index is 13.1. The molecule has 3 heterocycles. The second-order valence-electron chi connectivity index (χ2n) is 9.70. The number of amides is 1. The smallest absolute Gasteiger partial charge is 0.255 e. The average Bonchev–Trinajstić information content (AvgIpc) is 2.90. The minimum Gasteiger partial charge on any atom is -0.493 e. The molecule has 0 saturated carbocycles. The van der Waals surface area contributed by atoms with Gasteiger partial charge in [-0.25, -0.2) is 9.97 Å². The molecule has 3 aromatic rings. The van der Waals surface area contributed by atoms with E-state index in [1.807, 2.05) is 25.1 Å². The standard InChI is InChI=1S/C29H32N6O2/c1-19-4-5-22(16-21(19)6-7-24-18-31-28(30)20(2)32-24)29(36)33-23-8-9-25-26(10-15-37-27(25)17-23)35-13-11-34(3)12-14-35/h4-5,8-9,16-18,26H,10-15H2,1-3H3,(H2,30,31)(H,33,36)/t26-/m0/s1. The zero-order valence-corrected chi connectivity index (χ0v) is 21.5. The number of nitrogens with two attached hydrogens (primary N) is 1. The Labute approximate surface area is 217 Å². The number of nitrogen functional groups attached to an aromatic ring is 1. The van der Waals surface area contributed by atoms with Crippen molar-refractivity contribution in [2.45, 2.75) is 26.3 Å². The first-order valence-corrected chi connectivity index (χ1v) is 12.6. The van der Waals surface area contributed by atoms with Crippen LogP contribution in [0.5, 0.6) is 5.75 Å². The van der Waals surface area contributed by atoms with Crippen molar-refractivity contribution in [2.24, 2.45) is 0 Å². The number of carbonyl (C=O) groups excluding carboxylic acids is 1. The zero-order chi connectivity index (χ0) is 25.9. The third-order valence-corrected chi connectivity index (χ3v) is 7.07. The number of anilines is 2. The minimum atomic E-state index is -0.197. The Morgan fingerprint density at radius 3 is 2.70 bits per heavy atom. The molecular formula is C29H32N6O2. The number of hydrogen-bond donors (Lipinski definition) is 2. The van der Waals surface area contributed by atoms with Crippen LogP contribution in [0, 0.1) is 25.7 Å². The van der Waals surface area contributed by atoms with Crippen LogP contribution in [0.15, 0.2) is 42.6 Å². The van der Waals surface area contributed by atoms with Gasteiger partial charge in [0, 0.05) is 67.1 Å². The molecule has 0 unspecified atom stereocenters. The van der Waals surface area contributed by atoms with Crippen molar-refractivity contribution >= 4 is 17.4 Å². The van der Waals surface area contributed by atoms with Gasteiger partial charge in [0.15, 0.2) is 0 Å². The summed E-state index contributed by atoms with van der Waals surface area (Å²) in [4.78, 5) is 26.5. The van der Waals surface area contributed by atoms with E-state index in [0.29, 0.717) is 41.1 Å². The molecule has 1 fully saturated rings. The fraction of sp³-hybridized carbons (Fsp3) is 0.345. The fourth-order valence-electron chi connectivity index (χ4n) is 4.74. The first kappa shape index (κ1) is 24.8. The van der Waals surface area contributed by atoms with Crippen LogP contribution in [0.1, 0.15) is 50.9 Å². The second kappa shape index (κ2) is 10.6. The van der Waals surface area contributed by atoms with Crippen LogP contribution in [0.3, 0.4) is 0 Å².